The fraction of sp³-hybridized carbons (Fsp3) is 0.812. The number of carboxylic acids is 1. The molecule has 3 N–H and O–H groups in total. The van der Waals surface area contributed by atoms with Gasteiger partial charge in [-0.05, 0) is 20.3 Å². The molecule has 22 heavy (non-hydrogen) atoms. The second-order valence-corrected chi connectivity index (χ2v) is 5.73. The van der Waals surface area contributed by atoms with Crippen LogP contribution in [-0.4, -0.2) is 35.0 Å². The van der Waals surface area contributed by atoms with E-state index in [1.807, 2.05) is 0 Å². The number of rotatable bonds is 12. The zero-order valence-electron chi connectivity index (χ0n) is 14.0. The van der Waals surface area contributed by atoms with Crippen LogP contribution < -0.4 is 10.6 Å². The Morgan fingerprint density at radius 3 is 1.95 bits per heavy atom. The van der Waals surface area contributed by atoms with Gasteiger partial charge >= 0.3 is 5.97 Å². The van der Waals surface area contributed by atoms with Crippen molar-refractivity contribution in [1.29, 1.82) is 0 Å². The van der Waals surface area contributed by atoms with Crippen molar-refractivity contribution in [3.05, 3.63) is 0 Å². The van der Waals surface area contributed by atoms with Gasteiger partial charge in [-0.2, -0.15) is 0 Å². The number of carbonyl (C=O) groups is 3. The second-order valence-electron chi connectivity index (χ2n) is 5.73. The molecule has 6 nitrogen and oxygen atoms in total. The van der Waals surface area contributed by atoms with Crippen molar-refractivity contribution >= 4 is 17.8 Å². The first-order valence-electron chi connectivity index (χ1n) is 8.21. The first kappa shape index (κ1) is 20.4. The van der Waals surface area contributed by atoms with E-state index in [0.717, 1.165) is 19.3 Å². The molecule has 0 unspecified atom stereocenters. The lowest BCUT2D eigenvalue weighted by Gasteiger charge is -2.16. The summed E-state index contributed by atoms with van der Waals surface area (Å²) in [5.74, 6) is -1.75. The summed E-state index contributed by atoms with van der Waals surface area (Å²) in [5, 5.41) is 13.6. The number of hydrogen-bond acceptors (Lipinski definition) is 3. The van der Waals surface area contributed by atoms with E-state index in [9.17, 15) is 14.4 Å². The number of amides is 2. The molecule has 0 aliphatic carbocycles. The quantitative estimate of drug-likeness (QED) is 0.481. The predicted octanol–water partition coefficient (Wildman–Crippen LogP) is 2.22. The van der Waals surface area contributed by atoms with Gasteiger partial charge in [0.05, 0.1) is 0 Å². The Balaban J connectivity index is 3.77. The van der Waals surface area contributed by atoms with Gasteiger partial charge < -0.3 is 15.7 Å². The molecule has 0 aromatic heterocycles. The number of carboxylic acid groups (broad SMARTS) is 1. The van der Waals surface area contributed by atoms with Crippen molar-refractivity contribution in [3.8, 4) is 0 Å². The summed E-state index contributed by atoms with van der Waals surface area (Å²) in [7, 11) is 0. The Kier molecular flexibility index (Phi) is 11.1. The lowest BCUT2D eigenvalue weighted by atomic mass is 10.1. The van der Waals surface area contributed by atoms with E-state index >= 15 is 0 Å². The highest BCUT2D eigenvalue weighted by atomic mass is 16.4. The first-order valence-corrected chi connectivity index (χ1v) is 8.21. The molecule has 0 aromatic carbocycles. The smallest absolute Gasteiger partial charge is 0.325 e. The molecule has 0 bridgehead atoms. The van der Waals surface area contributed by atoms with Crippen molar-refractivity contribution in [2.75, 3.05) is 0 Å². The highest BCUT2D eigenvalue weighted by Crippen LogP contribution is 2.08. The molecule has 6 heteroatoms. The molecule has 0 rings (SSSR count). The number of carbonyl (C=O) groups excluding carboxylic acids is 2. The van der Waals surface area contributed by atoms with Crippen LogP contribution in [0.5, 0.6) is 0 Å². The van der Waals surface area contributed by atoms with E-state index in [0.29, 0.717) is 6.42 Å². The van der Waals surface area contributed by atoms with Crippen molar-refractivity contribution in [1.82, 2.24) is 10.6 Å². The van der Waals surface area contributed by atoms with E-state index in [4.69, 9.17) is 5.11 Å². The van der Waals surface area contributed by atoms with Crippen LogP contribution in [0.3, 0.4) is 0 Å². The molecule has 0 aliphatic rings. The minimum absolute atomic E-state index is 0.167. The normalized spacial score (nSPS) is 13.2. The molecule has 0 radical (unpaired) electrons. The third kappa shape index (κ3) is 10.2. The fourth-order valence-corrected chi connectivity index (χ4v) is 2.02. The summed E-state index contributed by atoms with van der Waals surface area (Å²) in [5.41, 5.74) is 0. The number of aliphatic carboxylic acids is 1. The number of unbranched alkanes of at least 4 members (excludes halogenated alkanes) is 6. The topological polar surface area (TPSA) is 95.5 Å². The van der Waals surface area contributed by atoms with Crippen molar-refractivity contribution in [2.24, 2.45) is 0 Å². The van der Waals surface area contributed by atoms with Crippen LogP contribution in [0.2, 0.25) is 0 Å². The molecule has 0 aromatic rings. The van der Waals surface area contributed by atoms with E-state index in [1.54, 1.807) is 6.92 Å². The number of nitrogens with one attached hydrogen (secondary N) is 2. The van der Waals surface area contributed by atoms with Crippen LogP contribution in [0.25, 0.3) is 0 Å². The van der Waals surface area contributed by atoms with Gasteiger partial charge in [-0.3, -0.25) is 14.4 Å². The summed E-state index contributed by atoms with van der Waals surface area (Å²) in [6.45, 7) is 5.11. The maximum absolute atomic E-state index is 11.7. The van der Waals surface area contributed by atoms with E-state index in [2.05, 4.69) is 17.6 Å². The van der Waals surface area contributed by atoms with Gasteiger partial charge in [-0.15, -0.1) is 0 Å². The zero-order chi connectivity index (χ0) is 17.0. The first-order chi connectivity index (χ1) is 10.4. The van der Waals surface area contributed by atoms with Crippen LogP contribution in [0.1, 0.15) is 72.1 Å². The summed E-state index contributed by atoms with van der Waals surface area (Å²) in [4.78, 5) is 34.0. The Morgan fingerprint density at radius 2 is 1.41 bits per heavy atom. The maximum Gasteiger partial charge on any atom is 0.325 e. The Labute approximate surface area is 133 Å². The van der Waals surface area contributed by atoms with Gasteiger partial charge in [0, 0.05) is 6.42 Å². The molecule has 0 aliphatic heterocycles. The highest BCUT2D eigenvalue weighted by Gasteiger charge is 2.20. The third-order valence-electron chi connectivity index (χ3n) is 3.51. The average molecular weight is 314 g/mol. The SMILES string of the molecule is CCCCCCCCCC(=O)N[C@H](C)C(=O)N[C@H](C)C(=O)O. The number of hydrogen-bond donors (Lipinski definition) is 3. The van der Waals surface area contributed by atoms with Crippen molar-refractivity contribution in [3.63, 3.8) is 0 Å². The van der Waals surface area contributed by atoms with Gasteiger partial charge in [0.1, 0.15) is 12.1 Å². The lowest BCUT2D eigenvalue weighted by Crippen LogP contribution is -2.49. The largest absolute Gasteiger partial charge is 0.480 e. The highest BCUT2D eigenvalue weighted by molar-refractivity contribution is 5.89. The molecule has 0 saturated heterocycles. The molecule has 0 saturated carbocycles. The Morgan fingerprint density at radius 1 is 0.864 bits per heavy atom. The van der Waals surface area contributed by atoms with Crippen molar-refractivity contribution in [2.45, 2.75) is 84.2 Å². The van der Waals surface area contributed by atoms with Gasteiger partial charge in [0.2, 0.25) is 11.8 Å². The van der Waals surface area contributed by atoms with Crippen LogP contribution in [0.4, 0.5) is 0 Å². The molecule has 0 spiro atoms. The Bertz CT molecular complexity index is 358. The summed E-state index contributed by atoms with van der Waals surface area (Å²) in [6, 6.07) is -1.69. The van der Waals surface area contributed by atoms with Gasteiger partial charge in [-0.25, -0.2) is 0 Å². The minimum Gasteiger partial charge on any atom is -0.480 e. The third-order valence-corrected chi connectivity index (χ3v) is 3.51. The van der Waals surface area contributed by atoms with Gasteiger partial charge in [0.15, 0.2) is 0 Å². The molecule has 2 atom stereocenters. The van der Waals surface area contributed by atoms with E-state index < -0.39 is 24.0 Å². The molecular formula is C16H30N2O4. The standard InChI is InChI=1S/C16H30N2O4/c1-4-5-6-7-8-9-10-11-14(19)17-12(2)15(20)18-13(3)16(21)22/h12-13H,4-11H2,1-3H3,(H,17,19)(H,18,20)(H,21,22)/t12-,13-/m1/s1. The van der Waals surface area contributed by atoms with E-state index in [-0.39, 0.29) is 5.91 Å². The van der Waals surface area contributed by atoms with Crippen LogP contribution in [0.15, 0.2) is 0 Å². The van der Waals surface area contributed by atoms with Gasteiger partial charge in [-0.1, -0.05) is 45.4 Å². The Hall–Kier alpha value is -1.59. The molecule has 128 valence electrons. The molecule has 2 amide bonds. The zero-order valence-corrected chi connectivity index (χ0v) is 14.0. The van der Waals surface area contributed by atoms with E-state index in [1.165, 1.54) is 32.6 Å². The monoisotopic (exact) mass is 314 g/mol. The van der Waals surface area contributed by atoms with Gasteiger partial charge in [0.25, 0.3) is 0 Å². The molecule has 0 heterocycles. The molecular weight excluding hydrogens is 284 g/mol. The lowest BCUT2D eigenvalue weighted by molar-refractivity contribution is -0.141. The summed E-state index contributed by atoms with van der Waals surface area (Å²) >= 11 is 0. The predicted molar refractivity (Wildman–Crippen MR) is 85.5 cm³/mol. The maximum atomic E-state index is 11.7. The van der Waals surface area contributed by atoms with Crippen molar-refractivity contribution < 1.29 is 19.5 Å². The van der Waals surface area contributed by atoms with Crippen LogP contribution in [-0.2, 0) is 14.4 Å². The minimum atomic E-state index is -1.10. The van der Waals surface area contributed by atoms with Crippen LogP contribution in [0, 0.1) is 0 Å². The molecule has 0 fully saturated rings. The average Bonchev–Trinajstić information content (AvgIpc) is 2.45. The summed E-state index contributed by atoms with van der Waals surface area (Å²) in [6.07, 6.45) is 8.33. The second kappa shape index (κ2) is 12.0. The summed E-state index contributed by atoms with van der Waals surface area (Å²) < 4.78 is 0. The fourth-order valence-electron chi connectivity index (χ4n) is 2.02. The van der Waals surface area contributed by atoms with Crippen LogP contribution >= 0.6 is 0 Å².